The number of halogens is 6. The Kier molecular flexibility index (Phi) is 5.33. The van der Waals surface area contributed by atoms with Crippen LogP contribution >= 0.6 is 0 Å². The van der Waals surface area contributed by atoms with Crippen molar-refractivity contribution in [3.05, 3.63) is 34.9 Å². The molecule has 2 aliphatic rings. The quantitative estimate of drug-likeness (QED) is 0.487. The fourth-order valence-corrected chi connectivity index (χ4v) is 4.62. The van der Waals surface area contributed by atoms with Gasteiger partial charge in [-0.15, -0.1) is 0 Å². The van der Waals surface area contributed by atoms with E-state index in [1.54, 1.807) is 0 Å². The van der Waals surface area contributed by atoms with Crippen molar-refractivity contribution in [2.24, 2.45) is 5.92 Å². The molecule has 0 nitrogen and oxygen atoms in total. The van der Waals surface area contributed by atoms with Gasteiger partial charge in [0.05, 0.1) is 0 Å². The molecule has 2 aliphatic carbocycles. The zero-order valence-electron chi connectivity index (χ0n) is 14.8. The standard InChI is InChI=1S/C20H24F6/c1-2-3-12-4-6-13(7-5-12)14-8-16(21)18(17(22)9-14)15-10-19(23,24)20(25,26)11-15/h8-9,12-13,15H,2-7,10-11H2,1H3. The van der Waals surface area contributed by atoms with Gasteiger partial charge < -0.3 is 0 Å². The van der Waals surface area contributed by atoms with Crippen molar-refractivity contribution < 1.29 is 26.3 Å². The molecular weight excluding hydrogens is 354 g/mol. The topological polar surface area (TPSA) is 0 Å². The summed E-state index contributed by atoms with van der Waals surface area (Å²) >= 11 is 0. The van der Waals surface area contributed by atoms with Gasteiger partial charge >= 0.3 is 11.8 Å². The number of rotatable bonds is 4. The summed E-state index contributed by atoms with van der Waals surface area (Å²) in [6.45, 7) is 2.13. The molecule has 26 heavy (non-hydrogen) atoms. The third-order valence-corrected chi connectivity index (χ3v) is 6.07. The second-order valence-electron chi connectivity index (χ2n) is 7.92. The number of hydrogen-bond donors (Lipinski definition) is 0. The number of benzene rings is 1. The summed E-state index contributed by atoms with van der Waals surface area (Å²) in [4.78, 5) is 0. The zero-order chi connectivity index (χ0) is 19.1. The molecule has 0 unspecified atom stereocenters. The first kappa shape index (κ1) is 19.6. The van der Waals surface area contributed by atoms with E-state index in [0.29, 0.717) is 11.5 Å². The molecule has 0 heterocycles. The minimum Gasteiger partial charge on any atom is -0.207 e. The van der Waals surface area contributed by atoms with Crippen molar-refractivity contribution >= 4 is 0 Å². The summed E-state index contributed by atoms with van der Waals surface area (Å²) in [6, 6.07) is 2.33. The van der Waals surface area contributed by atoms with Crippen molar-refractivity contribution in [1.82, 2.24) is 0 Å². The van der Waals surface area contributed by atoms with Gasteiger partial charge in [0.1, 0.15) is 11.6 Å². The Balaban J connectivity index is 1.78. The van der Waals surface area contributed by atoms with E-state index in [2.05, 4.69) is 6.92 Å². The third kappa shape index (κ3) is 3.61. The normalized spacial score (nSPS) is 28.4. The minimum atomic E-state index is -4.23. The maximum Gasteiger partial charge on any atom is 0.310 e. The first-order chi connectivity index (χ1) is 12.1. The maximum atomic E-state index is 14.5. The summed E-state index contributed by atoms with van der Waals surface area (Å²) in [5, 5.41) is 0. The summed E-state index contributed by atoms with van der Waals surface area (Å²) in [7, 11) is 0. The fourth-order valence-electron chi connectivity index (χ4n) is 4.62. The highest BCUT2D eigenvalue weighted by Gasteiger charge is 2.63. The average molecular weight is 378 g/mol. The van der Waals surface area contributed by atoms with Crippen LogP contribution in [0, 0.1) is 17.6 Å². The van der Waals surface area contributed by atoms with Crippen LogP contribution in [-0.4, -0.2) is 11.8 Å². The molecule has 1 aromatic carbocycles. The lowest BCUT2D eigenvalue weighted by Crippen LogP contribution is -2.33. The predicted molar refractivity (Wildman–Crippen MR) is 87.8 cm³/mol. The molecule has 0 amide bonds. The Labute approximate surface area is 150 Å². The van der Waals surface area contributed by atoms with Crippen molar-refractivity contribution in [2.75, 3.05) is 0 Å². The molecule has 0 bridgehead atoms. The van der Waals surface area contributed by atoms with Crippen LogP contribution < -0.4 is 0 Å². The van der Waals surface area contributed by atoms with Crippen LogP contribution in [-0.2, 0) is 0 Å². The van der Waals surface area contributed by atoms with E-state index in [0.717, 1.165) is 50.7 Å². The highest BCUT2D eigenvalue weighted by molar-refractivity contribution is 5.33. The Morgan fingerprint density at radius 2 is 1.35 bits per heavy atom. The lowest BCUT2D eigenvalue weighted by Gasteiger charge is -2.29. The molecule has 2 saturated carbocycles. The Morgan fingerprint density at radius 3 is 1.81 bits per heavy atom. The molecule has 2 fully saturated rings. The average Bonchev–Trinajstić information content (AvgIpc) is 2.75. The molecule has 0 aromatic heterocycles. The highest BCUT2D eigenvalue weighted by atomic mass is 19.3. The smallest absolute Gasteiger partial charge is 0.207 e. The molecule has 1 aromatic rings. The third-order valence-electron chi connectivity index (χ3n) is 6.07. The summed E-state index contributed by atoms with van der Waals surface area (Å²) in [5.74, 6) is -11.2. The van der Waals surface area contributed by atoms with E-state index in [4.69, 9.17) is 0 Å². The summed E-state index contributed by atoms with van der Waals surface area (Å²) < 4.78 is 82.6. The molecule has 0 aliphatic heterocycles. The van der Waals surface area contributed by atoms with Gasteiger partial charge in [-0.3, -0.25) is 0 Å². The van der Waals surface area contributed by atoms with Crippen molar-refractivity contribution in [2.45, 2.75) is 82.0 Å². The number of alkyl halides is 4. The Bertz CT molecular complexity index is 607. The predicted octanol–water partition coefficient (Wildman–Crippen LogP) is 7.19. The van der Waals surface area contributed by atoms with Crippen LogP contribution in [0.5, 0.6) is 0 Å². The Morgan fingerprint density at radius 1 is 0.846 bits per heavy atom. The monoisotopic (exact) mass is 378 g/mol. The van der Waals surface area contributed by atoms with E-state index < -0.39 is 47.8 Å². The molecule has 0 spiro atoms. The largest absolute Gasteiger partial charge is 0.310 e. The Hall–Kier alpha value is -1.20. The van der Waals surface area contributed by atoms with E-state index in [1.165, 1.54) is 0 Å². The van der Waals surface area contributed by atoms with Crippen LogP contribution in [0.3, 0.4) is 0 Å². The SMILES string of the molecule is CCCC1CCC(c2cc(F)c(C3CC(F)(F)C(F)(F)C3)c(F)c2)CC1. The van der Waals surface area contributed by atoms with Crippen molar-refractivity contribution in [3.63, 3.8) is 0 Å². The second kappa shape index (κ2) is 7.08. The fraction of sp³-hybridized carbons (Fsp3) is 0.700. The van der Waals surface area contributed by atoms with Gasteiger partial charge in [0.15, 0.2) is 0 Å². The van der Waals surface area contributed by atoms with Crippen molar-refractivity contribution in [3.8, 4) is 0 Å². The first-order valence-electron chi connectivity index (χ1n) is 9.39. The maximum absolute atomic E-state index is 14.5. The highest BCUT2D eigenvalue weighted by Crippen LogP contribution is 2.54. The van der Waals surface area contributed by atoms with Gasteiger partial charge in [0.25, 0.3) is 0 Å². The summed E-state index contributed by atoms with van der Waals surface area (Å²) in [5.41, 5.74) is -0.111. The van der Waals surface area contributed by atoms with Crippen molar-refractivity contribution in [1.29, 1.82) is 0 Å². The van der Waals surface area contributed by atoms with Crippen LogP contribution in [0.25, 0.3) is 0 Å². The van der Waals surface area contributed by atoms with Gasteiger partial charge in [0, 0.05) is 24.3 Å². The molecule has 0 N–H and O–H groups in total. The van der Waals surface area contributed by atoms with Gasteiger partial charge in [-0.25, -0.2) is 8.78 Å². The van der Waals surface area contributed by atoms with Crippen LogP contribution in [0.1, 0.15) is 81.3 Å². The van der Waals surface area contributed by atoms with E-state index in [-0.39, 0.29) is 5.92 Å². The second-order valence-corrected chi connectivity index (χ2v) is 7.92. The van der Waals surface area contributed by atoms with E-state index in [1.807, 2.05) is 0 Å². The van der Waals surface area contributed by atoms with Gasteiger partial charge in [0.2, 0.25) is 0 Å². The van der Waals surface area contributed by atoms with Crippen LogP contribution in [0.4, 0.5) is 26.3 Å². The zero-order valence-corrected chi connectivity index (χ0v) is 14.8. The molecule has 3 rings (SSSR count). The van der Waals surface area contributed by atoms with Gasteiger partial charge in [-0.2, -0.15) is 17.6 Å². The van der Waals surface area contributed by atoms with Gasteiger partial charge in [-0.05, 0) is 55.2 Å². The summed E-state index contributed by atoms with van der Waals surface area (Å²) in [6.07, 6.45) is 3.49. The van der Waals surface area contributed by atoms with E-state index in [9.17, 15) is 26.3 Å². The molecule has 6 heteroatoms. The van der Waals surface area contributed by atoms with Crippen LogP contribution in [0.2, 0.25) is 0 Å². The molecule has 0 atom stereocenters. The first-order valence-corrected chi connectivity index (χ1v) is 9.39. The van der Waals surface area contributed by atoms with Gasteiger partial charge in [-0.1, -0.05) is 19.8 Å². The number of hydrogen-bond acceptors (Lipinski definition) is 0. The molecular formula is C20H24F6. The lowest BCUT2D eigenvalue weighted by molar-refractivity contribution is -0.185. The van der Waals surface area contributed by atoms with Crippen LogP contribution in [0.15, 0.2) is 12.1 Å². The molecule has 0 radical (unpaired) electrons. The molecule has 0 saturated heterocycles. The molecule has 146 valence electrons. The minimum absolute atomic E-state index is 0.0348. The van der Waals surface area contributed by atoms with E-state index >= 15 is 0 Å². The lowest BCUT2D eigenvalue weighted by atomic mass is 9.77.